The molecule has 19 heavy (non-hydrogen) atoms. The Bertz CT molecular complexity index is 439. The average molecular weight is 276 g/mol. The van der Waals surface area contributed by atoms with E-state index in [0.29, 0.717) is 6.07 Å². The van der Waals surface area contributed by atoms with E-state index < -0.39 is 18.9 Å². The van der Waals surface area contributed by atoms with Gasteiger partial charge in [0, 0.05) is 0 Å². The summed E-state index contributed by atoms with van der Waals surface area (Å²) in [7, 11) is -1.95. The second kappa shape index (κ2) is 5.42. The van der Waals surface area contributed by atoms with E-state index in [1.54, 1.807) is 0 Å². The molecule has 2 N–H and O–H groups in total. The van der Waals surface area contributed by atoms with Gasteiger partial charge in [0.05, 0.1) is 12.2 Å². The standard InChI is InChI=1S/C12H16BF3O3/c1-11(2,3)7-19-10-5-4-8(13(17)18)6-9(10)12(14,15)16/h4-6,17-18H,7H2,1-3H3. The van der Waals surface area contributed by atoms with Crippen molar-refractivity contribution in [3.05, 3.63) is 23.8 Å². The fourth-order valence-corrected chi connectivity index (χ4v) is 1.35. The lowest BCUT2D eigenvalue weighted by Gasteiger charge is -2.21. The van der Waals surface area contributed by atoms with Crippen molar-refractivity contribution in [2.24, 2.45) is 5.41 Å². The molecule has 0 bridgehead atoms. The van der Waals surface area contributed by atoms with Crippen LogP contribution in [0.1, 0.15) is 26.3 Å². The van der Waals surface area contributed by atoms with Crippen LogP contribution in [0.5, 0.6) is 5.75 Å². The molecule has 0 fully saturated rings. The van der Waals surface area contributed by atoms with Crippen molar-refractivity contribution in [2.45, 2.75) is 26.9 Å². The highest BCUT2D eigenvalue weighted by Crippen LogP contribution is 2.36. The van der Waals surface area contributed by atoms with Gasteiger partial charge in [-0.15, -0.1) is 0 Å². The van der Waals surface area contributed by atoms with E-state index >= 15 is 0 Å². The third-order valence-corrected chi connectivity index (χ3v) is 2.27. The molecule has 0 aliphatic carbocycles. The maximum atomic E-state index is 12.9. The predicted molar refractivity (Wildman–Crippen MR) is 66.2 cm³/mol. The van der Waals surface area contributed by atoms with Gasteiger partial charge in [0.1, 0.15) is 5.75 Å². The van der Waals surface area contributed by atoms with Crippen LogP contribution in [-0.2, 0) is 6.18 Å². The summed E-state index contributed by atoms with van der Waals surface area (Å²) in [5.74, 6) is -0.313. The average Bonchev–Trinajstić information content (AvgIpc) is 2.23. The van der Waals surface area contributed by atoms with Gasteiger partial charge in [0.2, 0.25) is 0 Å². The third-order valence-electron chi connectivity index (χ3n) is 2.27. The summed E-state index contributed by atoms with van der Waals surface area (Å²) in [6.07, 6.45) is -4.61. The maximum absolute atomic E-state index is 12.9. The summed E-state index contributed by atoms with van der Waals surface area (Å²) < 4.78 is 43.8. The van der Waals surface area contributed by atoms with Gasteiger partial charge in [-0.3, -0.25) is 0 Å². The number of alkyl halides is 3. The van der Waals surface area contributed by atoms with Crippen LogP contribution in [0.25, 0.3) is 0 Å². The molecular weight excluding hydrogens is 260 g/mol. The van der Waals surface area contributed by atoms with Gasteiger partial charge in [0.15, 0.2) is 0 Å². The van der Waals surface area contributed by atoms with Gasteiger partial charge in [-0.2, -0.15) is 13.2 Å². The van der Waals surface area contributed by atoms with E-state index in [4.69, 9.17) is 14.8 Å². The van der Waals surface area contributed by atoms with Crippen molar-refractivity contribution in [3.63, 3.8) is 0 Å². The Morgan fingerprint density at radius 3 is 2.16 bits per heavy atom. The fourth-order valence-electron chi connectivity index (χ4n) is 1.35. The van der Waals surface area contributed by atoms with E-state index in [0.717, 1.165) is 6.07 Å². The Morgan fingerprint density at radius 1 is 1.16 bits per heavy atom. The van der Waals surface area contributed by atoms with Crippen LogP contribution in [0.15, 0.2) is 18.2 Å². The summed E-state index contributed by atoms with van der Waals surface area (Å²) >= 11 is 0. The number of halogens is 3. The van der Waals surface area contributed by atoms with Crippen LogP contribution in [0.3, 0.4) is 0 Å². The molecule has 1 rings (SSSR count). The van der Waals surface area contributed by atoms with Crippen LogP contribution in [0.4, 0.5) is 13.2 Å². The molecule has 0 aliphatic heterocycles. The van der Waals surface area contributed by atoms with Crippen LogP contribution in [0, 0.1) is 5.41 Å². The Balaban J connectivity index is 3.10. The van der Waals surface area contributed by atoms with Gasteiger partial charge in [-0.25, -0.2) is 0 Å². The third kappa shape index (κ3) is 4.76. The number of benzene rings is 1. The van der Waals surface area contributed by atoms with Crippen molar-refractivity contribution in [1.29, 1.82) is 0 Å². The van der Waals surface area contributed by atoms with Crippen molar-refractivity contribution in [2.75, 3.05) is 6.61 Å². The molecule has 106 valence electrons. The van der Waals surface area contributed by atoms with Gasteiger partial charge in [0.25, 0.3) is 0 Å². The maximum Gasteiger partial charge on any atom is 0.488 e. The minimum Gasteiger partial charge on any atom is -0.492 e. The quantitative estimate of drug-likeness (QED) is 0.828. The van der Waals surface area contributed by atoms with E-state index in [1.807, 2.05) is 20.8 Å². The fraction of sp³-hybridized carbons (Fsp3) is 0.500. The Kier molecular flexibility index (Phi) is 4.52. The molecule has 3 nitrogen and oxygen atoms in total. The number of rotatable bonds is 3. The topological polar surface area (TPSA) is 49.7 Å². The molecule has 1 aromatic carbocycles. The van der Waals surface area contributed by atoms with Gasteiger partial charge in [-0.05, 0) is 23.0 Å². The van der Waals surface area contributed by atoms with Crippen LogP contribution >= 0.6 is 0 Å². The van der Waals surface area contributed by atoms with Crippen LogP contribution < -0.4 is 10.2 Å². The van der Waals surface area contributed by atoms with Crippen molar-refractivity contribution in [1.82, 2.24) is 0 Å². The summed E-state index contributed by atoms with van der Waals surface area (Å²) in [5, 5.41) is 17.8. The zero-order valence-corrected chi connectivity index (χ0v) is 11.0. The SMILES string of the molecule is CC(C)(C)COc1ccc(B(O)O)cc1C(F)(F)F. The molecule has 0 radical (unpaired) electrons. The summed E-state index contributed by atoms with van der Waals surface area (Å²) in [5.41, 5.74) is -1.52. The first-order chi connectivity index (χ1) is 8.50. The zero-order valence-electron chi connectivity index (χ0n) is 11.0. The molecular formula is C12H16BF3O3. The van der Waals surface area contributed by atoms with Crippen molar-refractivity contribution < 1.29 is 28.0 Å². The molecule has 0 unspecified atom stereocenters. The first kappa shape index (κ1) is 15.9. The normalized spacial score (nSPS) is 12.4. The second-order valence-corrected chi connectivity index (χ2v) is 5.48. The summed E-state index contributed by atoms with van der Waals surface area (Å²) in [6, 6.07) is 2.98. The van der Waals surface area contributed by atoms with Gasteiger partial charge >= 0.3 is 13.3 Å². The molecule has 7 heteroatoms. The number of ether oxygens (including phenoxy) is 1. The minimum atomic E-state index is -4.61. The van der Waals surface area contributed by atoms with E-state index in [1.165, 1.54) is 6.07 Å². The van der Waals surface area contributed by atoms with Crippen molar-refractivity contribution >= 4 is 12.6 Å². The highest BCUT2D eigenvalue weighted by atomic mass is 19.4. The van der Waals surface area contributed by atoms with Crippen LogP contribution in [-0.4, -0.2) is 23.8 Å². The molecule has 0 heterocycles. The highest BCUT2D eigenvalue weighted by Gasteiger charge is 2.35. The molecule has 0 spiro atoms. The first-order valence-corrected chi connectivity index (χ1v) is 5.71. The highest BCUT2D eigenvalue weighted by molar-refractivity contribution is 6.58. The molecule has 0 aliphatic rings. The lowest BCUT2D eigenvalue weighted by molar-refractivity contribution is -0.139. The van der Waals surface area contributed by atoms with Gasteiger partial charge < -0.3 is 14.8 Å². The lowest BCUT2D eigenvalue weighted by Crippen LogP contribution is -2.31. The number of hydrogen-bond donors (Lipinski definition) is 2. The Labute approximate surface area is 110 Å². The molecule has 0 saturated carbocycles. The first-order valence-electron chi connectivity index (χ1n) is 5.71. The van der Waals surface area contributed by atoms with Crippen molar-refractivity contribution in [3.8, 4) is 5.75 Å². The Hall–Kier alpha value is -1.21. The Morgan fingerprint density at radius 2 is 1.74 bits per heavy atom. The largest absolute Gasteiger partial charge is 0.492 e. The molecule has 0 aromatic heterocycles. The lowest BCUT2D eigenvalue weighted by atomic mass is 9.79. The van der Waals surface area contributed by atoms with E-state index in [-0.39, 0.29) is 23.2 Å². The monoisotopic (exact) mass is 276 g/mol. The van der Waals surface area contributed by atoms with E-state index in [2.05, 4.69) is 0 Å². The van der Waals surface area contributed by atoms with Crippen LogP contribution in [0.2, 0.25) is 0 Å². The molecule has 0 atom stereocenters. The second-order valence-electron chi connectivity index (χ2n) is 5.48. The predicted octanol–water partition coefficient (Wildman–Crippen LogP) is 1.81. The minimum absolute atomic E-state index is 0.122. The summed E-state index contributed by atoms with van der Waals surface area (Å²) in [4.78, 5) is 0. The zero-order chi connectivity index (χ0) is 14.8. The number of hydrogen-bond acceptors (Lipinski definition) is 3. The summed E-state index contributed by atoms with van der Waals surface area (Å²) in [6.45, 7) is 5.64. The molecule has 1 aromatic rings. The molecule has 0 amide bonds. The molecule has 0 saturated heterocycles. The van der Waals surface area contributed by atoms with E-state index in [9.17, 15) is 13.2 Å². The smallest absolute Gasteiger partial charge is 0.488 e. The van der Waals surface area contributed by atoms with Gasteiger partial charge in [-0.1, -0.05) is 26.8 Å².